The maximum Gasteiger partial charge on any atom is 0.288 e. The molecule has 0 bridgehead atoms. The van der Waals surface area contributed by atoms with E-state index in [0.29, 0.717) is 22.3 Å². The highest BCUT2D eigenvalue weighted by molar-refractivity contribution is 7.99. The Hall–Kier alpha value is -2.15. The first kappa shape index (κ1) is 16.2. The van der Waals surface area contributed by atoms with Crippen molar-refractivity contribution in [1.82, 2.24) is 0 Å². The van der Waals surface area contributed by atoms with Crippen LogP contribution in [0.2, 0.25) is 0 Å². The van der Waals surface area contributed by atoms with Gasteiger partial charge in [0.05, 0.1) is 0 Å². The Bertz CT molecular complexity index is 635. The molecule has 7 heteroatoms. The van der Waals surface area contributed by atoms with Gasteiger partial charge in [0, 0.05) is 10.6 Å². The lowest BCUT2D eigenvalue weighted by molar-refractivity contribution is -0.118. The van der Waals surface area contributed by atoms with Crippen LogP contribution in [-0.2, 0) is 4.79 Å². The third kappa shape index (κ3) is 5.00. The topological polar surface area (TPSA) is 38.3 Å². The third-order valence-corrected chi connectivity index (χ3v) is 3.28. The summed E-state index contributed by atoms with van der Waals surface area (Å²) in [6.07, 6.45) is 0. The van der Waals surface area contributed by atoms with Crippen molar-refractivity contribution in [3.05, 3.63) is 54.3 Å². The molecule has 0 saturated heterocycles. The monoisotopic (exact) mass is 327 g/mol. The van der Waals surface area contributed by atoms with Gasteiger partial charge in [-0.05, 0) is 36.4 Å². The molecule has 0 aliphatic carbocycles. The number of alkyl halides is 2. The summed E-state index contributed by atoms with van der Waals surface area (Å²) in [4.78, 5) is 12.1. The second kappa shape index (κ2) is 7.74. The molecule has 0 aromatic heterocycles. The smallest absolute Gasteiger partial charge is 0.288 e. The summed E-state index contributed by atoms with van der Waals surface area (Å²) in [6, 6.07) is 11.7. The van der Waals surface area contributed by atoms with E-state index in [2.05, 4.69) is 5.32 Å². The van der Waals surface area contributed by atoms with Crippen LogP contribution in [0.5, 0.6) is 5.75 Å². The van der Waals surface area contributed by atoms with Crippen molar-refractivity contribution in [2.24, 2.45) is 0 Å². The van der Waals surface area contributed by atoms with Crippen LogP contribution < -0.4 is 10.1 Å². The fraction of sp³-hybridized carbons (Fsp3) is 0.133. The number of ether oxygens (including phenoxy) is 1. The number of halogens is 3. The maximum absolute atomic E-state index is 13.3. The van der Waals surface area contributed by atoms with Gasteiger partial charge in [0.2, 0.25) is 0 Å². The Morgan fingerprint density at radius 1 is 1.14 bits per heavy atom. The number of thioether (sulfide) groups is 1. The molecule has 1 amide bonds. The van der Waals surface area contributed by atoms with Gasteiger partial charge in [0.15, 0.2) is 18.2 Å². The minimum Gasteiger partial charge on any atom is -0.481 e. The van der Waals surface area contributed by atoms with Crippen molar-refractivity contribution in [2.45, 2.75) is 10.7 Å². The quantitative estimate of drug-likeness (QED) is 0.810. The van der Waals surface area contributed by atoms with E-state index in [1.807, 2.05) is 0 Å². The molecule has 2 aromatic carbocycles. The number of hydrogen-bond acceptors (Lipinski definition) is 3. The highest BCUT2D eigenvalue weighted by Gasteiger charge is 2.08. The number of nitrogens with one attached hydrogen (secondary N) is 1. The first-order chi connectivity index (χ1) is 10.5. The summed E-state index contributed by atoms with van der Waals surface area (Å²) >= 11 is 0.423. The lowest BCUT2D eigenvalue weighted by Gasteiger charge is -2.08. The van der Waals surface area contributed by atoms with E-state index in [4.69, 9.17) is 4.74 Å². The molecular weight excluding hydrogens is 315 g/mol. The standard InChI is InChI=1S/C15H12F3NO2S/c16-12-3-1-2-4-13(12)21-9-14(20)19-10-5-7-11(8-6-10)22-15(17)18/h1-8,15H,9H2,(H,19,20). The highest BCUT2D eigenvalue weighted by Crippen LogP contribution is 2.26. The highest BCUT2D eigenvalue weighted by atomic mass is 32.2. The van der Waals surface area contributed by atoms with E-state index in [1.54, 1.807) is 6.07 Å². The normalized spacial score (nSPS) is 10.5. The minimum atomic E-state index is -2.49. The molecule has 0 unspecified atom stereocenters. The summed E-state index contributed by atoms with van der Waals surface area (Å²) in [6.45, 7) is -0.353. The summed E-state index contributed by atoms with van der Waals surface area (Å²) < 4.78 is 42.7. The van der Waals surface area contributed by atoms with Crippen LogP contribution in [0.1, 0.15) is 0 Å². The van der Waals surface area contributed by atoms with Gasteiger partial charge in [0.1, 0.15) is 0 Å². The second-order valence-electron chi connectivity index (χ2n) is 4.17. The molecule has 1 N–H and O–H groups in total. The zero-order chi connectivity index (χ0) is 15.9. The van der Waals surface area contributed by atoms with Gasteiger partial charge in [-0.3, -0.25) is 4.79 Å². The van der Waals surface area contributed by atoms with Crippen molar-refractivity contribution in [3.63, 3.8) is 0 Å². The number of amides is 1. The molecule has 22 heavy (non-hydrogen) atoms. The van der Waals surface area contributed by atoms with Crippen molar-refractivity contribution in [1.29, 1.82) is 0 Å². The molecule has 0 radical (unpaired) electrons. The van der Waals surface area contributed by atoms with Crippen molar-refractivity contribution < 1.29 is 22.7 Å². The van der Waals surface area contributed by atoms with E-state index in [0.717, 1.165) is 0 Å². The van der Waals surface area contributed by atoms with Gasteiger partial charge in [-0.2, -0.15) is 8.78 Å². The molecular formula is C15H12F3NO2S. The van der Waals surface area contributed by atoms with E-state index in [-0.39, 0.29) is 12.4 Å². The van der Waals surface area contributed by atoms with Crippen LogP contribution in [0.25, 0.3) is 0 Å². The predicted molar refractivity (Wildman–Crippen MR) is 78.8 cm³/mol. The summed E-state index contributed by atoms with van der Waals surface area (Å²) in [5, 5.41) is 2.53. The van der Waals surface area contributed by atoms with Crippen LogP contribution in [0, 0.1) is 5.82 Å². The lowest BCUT2D eigenvalue weighted by Crippen LogP contribution is -2.20. The Labute approximate surface area is 129 Å². The molecule has 3 nitrogen and oxygen atoms in total. The van der Waals surface area contributed by atoms with Crippen LogP contribution in [0.4, 0.5) is 18.9 Å². The Morgan fingerprint density at radius 2 is 1.82 bits per heavy atom. The average molecular weight is 327 g/mol. The van der Waals surface area contributed by atoms with Crippen molar-refractivity contribution in [2.75, 3.05) is 11.9 Å². The maximum atomic E-state index is 13.3. The minimum absolute atomic E-state index is 0.0127. The number of carbonyl (C=O) groups is 1. The summed E-state index contributed by atoms with van der Waals surface area (Å²) in [5.41, 5.74) is 0.445. The van der Waals surface area contributed by atoms with Crippen LogP contribution in [0.15, 0.2) is 53.4 Å². The third-order valence-electron chi connectivity index (χ3n) is 2.56. The SMILES string of the molecule is O=C(COc1ccccc1F)Nc1ccc(SC(F)F)cc1. The molecule has 0 aliphatic rings. The lowest BCUT2D eigenvalue weighted by atomic mass is 10.3. The zero-order valence-corrected chi connectivity index (χ0v) is 12.1. The first-order valence-corrected chi connectivity index (χ1v) is 7.14. The van der Waals surface area contributed by atoms with Gasteiger partial charge in [-0.15, -0.1) is 0 Å². The van der Waals surface area contributed by atoms with Crippen LogP contribution >= 0.6 is 11.8 Å². The van der Waals surface area contributed by atoms with Gasteiger partial charge in [0.25, 0.3) is 11.7 Å². The van der Waals surface area contributed by atoms with E-state index < -0.39 is 17.5 Å². The number of anilines is 1. The zero-order valence-electron chi connectivity index (χ0n) is 11.3. The van der Waals surface area contributed by atoms with Crippen molar-refractivity contribution >= 4 is 23.4 Å². The number of hydrogen-bond donors (Lipinski definition) is 1. The van der Waals surface area contributed by atoms with Crippen LogP contribution in [-0.4, -0.2) is 18.3 Å². The Kier molecular flexibility index (Phi) is 5.71. The van der Waals surface area contributed by atoms with Gasteiger partial charge >= 0.3 is 0 Å². The molecule has 0 heterocycles. The first-order valence-electron chi connectivity index (χ1n) is 6.26. The fourth-order valence-corrected chi connectivity index (χ4v) is 2.12. The van der Waals surface area contributed by atoms with Gasteiger partial charge in [-0.25, -0.2) is 4.39 Å². The van der Waals surface area contributed by atoms with Crippen molar-refractivity contribution in [3.8, 4) is 5.75 Å². The molecule has 0 fully saturated rings. The molecule has 2 rings (SSSR count). The number of benzene rings is 2. The Balaban J connectivity index is 1.85. The molecule has 116 valence electrons. The van der Waals surface area contributed by atoms with Gasteiger partial charge < -0.3 is 10.1 Å². The number of rotatable bonds is 6. The number of carbonyl (C=O) groups excluding carboxylic acids is 1. The molecule has 0 saturated carbocycles. The predicted octanol–water partition coefficient (Wildman–Crippen LogP) is 4.16. The molecule has 0 aliphatic heterocycles. The molecule has 2 aromatic rings. The largest absolute Gasteiger partial charge is 0.481 e. The van der Waals surface area contributed by atoms with Crippen LogP contribution in [0.3, 0.4) is 0 Å². The van der Waals surface area contributed by atoms with E-state index in [9.17, 15) is 18.0 Å². The Morgan fingerprint density at radius 3 is 2.45 bits per heavy atom. The van der Waals surface area contributed by atoms with Gasteiger partial charge in [-0.1, -0.05) is 23.9 Å². The number of para-hydroxylation sites is 1. The molecule has 0 atom stereocenters. The molecule has 0 spiro atoms. The average Bonchev–Trinajstić information content (AvgIpc) is 2.48. The summed E-state index contributed by atoms with van der Waals surface area (Å²) in [5.74, 6) is -3.53. The summed E-state index contributed by atoms with van der Waals surface area (Å²) in [7, 11) is 0. The fourth-order valence-electron chi connectivity index (χ4n) is 1.62. The van der Waals surface area contributed by atoms with E-state index >= 15 is 0 Å². The van der Waals surface area contributed by atoms with E-state index in [1.165, 1.54) is 42.5 Å². The second-order valence-corrected chi connectivity index (χ2v) is 5.23.